The topological polar surface area (TPSA) is 63.7 Å². The lowest BCUT2D eigenvalue weighted by molar-refractivity contribution is -0.139. The highest BCUT2D eigenvalue weighted by molar-refractivity contribution is 7.91. The summed E-state index contributed by atoms with van der Waals surface area (Å²) in [5.74, 6) is -0.379. The van der Waals surface area contributed by atoms with Crippen molar-refractivity contribution in [1.29, 1.82) is 0 Å². The molecule has 0 aliphatic rings. The van der Waals surface area contributed by atoms with Crippen molar-refractivity contribution in [2.24, 2.45) is 0 Å². The molecule has 0 amide bonds. The maximum Gasteiger partial charge on any atom is 0.325 e. The maximum atomic E-state index is 12.2. The predicted octanol–water partition coefficient (Wildman–Crippen LogP) is 1.87. The van der Waals surface area contributed by atoms with Gasteiger partial charge in [0.1, 0.15) is 6.54 Å². The maximum absolute atomic E-state index is 12.2. The average molecular weight is 299 g/mol. The Morgan fingerprint density at radius 1 is 1.30 bits per heavy atom. The molecule has 0 heterocycles. The third-order valence-corrected chi connectivity index (χ3v) is 4.82. The van der Waals surface area contributed by atoms with Gasteiger partial charge < -0.3 is 9.64 Å². The summed E-state index contributed by atoms with van der Waals surface area (Å²) in [6.07, 6.45) is 0. The number of carbonyl (C=O) groups is 1. The number of hydrogen-bond donors (Lipinski definition) is 0. The number of esters is 1. The monoisotopic (exact) mass is 299 g/mol. The van der Waals surface area contributed by atoms with Crippen molar-refractivity contribution in [3.05, 3.63) is 24.3 Å². The molecule has 0 aromatic heterocycles. The number of sulfone groups is 1. The molecule has 112 valence electrons. The second kappa shape index (κ2) is 6.74. The van der Waals surface area contributed by atoms with Crippen LogP contribution in [0.4, 0.5) is 5.69 Å². The smallest absolute Gasteiger partial charge is 0.325 e. The quantitative estimate of drug-likeness (QED) is 0.750. The first-order chi connectivity index (χ1) is 9.33. The summed E-state index contributed by atoms with van der Waals surface area (Å²) in [6.45, 7) is 5.42. The highest BCUT2D eigenvalue weighted by Crippen LogP contribution is 2.27. The largest absolute Gasteiger partial charge is 0.468 e. The first kappa shape index (κ1) is 16.5. The number of rotatable bonds is 6. The van der Waals surface area contributed by atoms with Gasteiger partial charge in [0, 0.05) is 6.04 Å². The van der Waals surface area contributed by atoms with E-state index in [4.69, 9.17) is 0 Å². The molecule has 6 heteroatoms. The number of para-hydroxylation sites is 1. The summed E-state index contributed by atoms with van der Waals surface area (Å²) < 4.78 is 29.0. The van der Waals surface area contributed by atoms with Crippen LogP contribution in [0.5, 0.6) is 0 Å². The van der Waals surface area contributed by atoms with Gasteiger partial charge in [-0.25, -0.2) is 8.42 Å². The molecule has 0 saturated heterocycles. The summed E-state index contributed by atoms with van der Waals surface area (Å²) >= 11 is 0. The van der Waals surface area contributed by atoms with Gasteiger partial charge in [-0.1, -0.05) is 19.1 Å². The highest BCUT2D eigenvalue weighted by atomic mass is 32.2. The van der Waals surface area contributed by atoms with E-state index in [9.17, 15) is 13.2 Å². The Morgan fingerprint density at radius 3 is 2.40 bits per heavy atom. The van der Waals surface area contributed by atoms with Crippen LogP contribution < -0.4 is 4.90 Å². The van der Waals surface area contributed by atoms with E-state index in [0.717, 1.165) is 0 Å². The van der Waals surface area contributed by atoms with Crippen LogP contribution in [0.3, 0.4) is 0 Å². The van der Waals surface area contributed by atoms with Crippen molar-refractivity contribution < 1.29 is 17.9 Å². The van der Waals surface area contributed by atoms with E-state index >= 15 is 0 Å². The second-order valence-corrected chi connectivity index (χ2v) is 6.92. The zero-order valence-corrected chi connectivity index (χ0v) is 13.1. The fourth-order valence-electron chi connectivity index (χ4n) is 1.86. The van der Waals surface area contributed by atoms with Crippen molar-refractivity contribution in [3.8, 4) is 0 Å². The molecule has 0 fully saturated rings. The Bertz CT molecular complexity index is 566. The lowest BCUT2D eigenvalue weighted by Gasteiger charge is -2.29. The van der Waals surface area contributed by atoms with Crippen LogP contribution in [0.25, 0.3) is 0 Å². The van der Waals surface area contributed by atoms with E-state index < -0.39 is 15.8 Å². The van der Waals surface area contributed by atoms with Crippen molar-refractivity contribution in [1.82, 2.24) is 0 Å². The molecule has 0 atom stereocenters. The second-order valence-electron chi connectivity index (χ2n) is 4.67. The van der Waals surface area contributed by atoms with Crippen LogP contribution >= 0.6 is 0 Å². The number of methoxy groups -OCH3 is 1. The zero-order chi connectivity index (χ0) is 15.3. The van der Waals surface area contributed by atoms with Crippen molar-refractivity contribution in [2.75, 3.05) is 24.3 Å². The molecular weight excluding hydrogens is 278 g/mol. The predicted molar refractivity (Wildman–Crippen MR) is 78.7 cm³/mol. The summed E-state index contributed by atoms with van der Waals surface area (Å²) in [5, 5.41) is 0. The molecule has 0 aliphatic carbocycles. The van der Waals surface area contributed by atoms with Gasteiger partial charge in [-0.15, -0.1) is 0 Å². The first-order valence-corrected chi connectivity index (χ1v) is 8.14. The SMILES string of the molecule is CCS(=O)(=O)c1ccccc1N(CC(=O)OC)C(C)C. The normalized spacial score (nSPS) is 11.4. The highest BCUT2D eigenvalue weighted by Gasteiger charge is 2.23. The number of carbonyl (C=O) groups excluding carboxylic acids is 1. The van der Waals surface area contributed by atoms with Crippen molar-refractivity contribution in [2.45, 2.75) is 31.7 Å². The van der Waals surface area contributed by atoms with Crippen LogP contribution in [-0.4, -0.2) is 39.8 Å². The number of ether oxygens (including phenoxy) is 1. The molecule has 0 aliphatic heterocycles. The van der Waals surface area contributed by atoms with Gasteiger partial charge in [0.05, 0.1) is 23.4 Å². The molecule has 0 unspecified atom stereocenters. The van der Waals surface area contributed by atoms with Crippen molar-refractivity contribution >= 4 is 21.5 Å². The first-order valence-electron chi connectivity index (χ1n) is 6.48. The summed E-state index contributed by atoms with van der Waals surface area (Å²) in [7, 11) is -2.03. The summed E-state index contributed by atoms with van der Waals surface area (Å²) in [4.78, 5) is 13.5. The fraction of sp³-hybridized carbons (Fsp3) is 0.500. The molecule has 0 spiro atoms. The average Bonchev–Trinajstić information content (AvgIpc) is 2.44. The minimum absolute atomic E-state index is 0.0183. The standard InChI is InChI=1S/C14H21NO4S/c1-5-20(17,18)13-9-7-6-8-12(13)15(11(2)3)10-14(16)19-4/h6-9,11H,5,10H2,1-4H3. The van der Waals surface area contributed by atoms with Crippen molar-refractivity contribution in [3.63, 3.8) is 0 Å². The molecule has 1 aromatic carbocycles. The van der Waals surface area contributed by atoms with Gasteiger partial charge >= 0.3 is 5.97 Å². The van der Waals surface area contributed by atoms with Gasteiger partial charge in [-0.3, -0.25) is 4.79 Å². The fourth-order valence-corrected chi connectivity index (χ4v) is 2.96. The molecule has 0 radical (unpaired) electrons. The molecule has 0 bridgehead atoms. The van der Waals surface area contributed by atoms with Crippen LogP contribution in [0.15, 0.2) is 29.2 Å². The number of nitrogens with zero attached hydrogens (tertiary/aromatic N) is 1. The number of benzene rings is 1. The Labute approximate surface area is 120 Å². The third-order valence-electron chi connectivity index (χ3n) is 3.04. The lowest BCUT2D eigenvalue weighted by Crippen LogP contribution is -2.37. The molecular formula is C14H21NO4S. The zero-order valence-electron chi connectivity index (χ0n) is 12.3. The number of anilines is 1. The Kier molecular flexibility index (Phi) is 5.56. The number of hydrogen-bond acceptors (Lipinski definition) is 5. The molecule has 0 saturated carbocycles. The molecule has 1 aromatic rings. The van der Waals surface area contributed by atoms with Gasteiger partial charge in [0.25, 0.3) is 0 Å². The van der Waals surface area contributed by atoms with E-state index in [0.29, 0.717) is 5.69 Å². The Hall–Kier alpha value is -1.56. The van der Waals surface area contributed by atoms with Crippen LogP contribution in [0.1, 0.15) is 20.8 Å². The van der Waals surface area contributed by atoms with Crippen LogP contribution in [-0.2, 0) is 19.4 Å². The van der Waals surface area contributed by atoms with E-state index in [-0.39, 0.29) is 23.2 Å². The van der Waals surface area contributed by atoms with Gasteiger partial charge in [-0.05, 0) is 26.0 Å². The van der Waals surface area contributed by atoms with E-state index in [1.807, 2.05) is 13.8 Å². The minimum atomic E-state index is -3.34. The molecule has 5 nitrogen and oxygen atoms in total. The van der Waals surface area contributed by atoms with Crippen LogP contribution in [0.2, 0.25) is 0 Å². The van der Waals surface area contributed by atoms with Gasteiger partial charge in [0.2, 0.25) is 0 Å². The van der Waals surface area contributed by atoms with E-state index in [1.54, 1.807) is 36.1 Å². The summed E-state index contributed by atoms with van der Waals surface area (Å²) in [6, 6.07) is 6.70. The summed E-state index contributed by atoms with van der Waals surface area (Å²) in [5.41, 5.74) is 0.537. The Balaban J connectivity index is 3.31. The lowest BCUT2D eigenvalue weighted by atomic mass is 10.2. The van der Waals surface area contributed by atoms with Gasteiger partial charge in [0.15, 0.2) is 9.84 Å². The van der Waals surface area contributed by atoms with E-state index in [2.05, 4.69) is 4.74 Å². The molecule has 0 N–H and O–H groups in total. The van der Waals surface area contributed by atoms with E-state index in [1.165, 1.54) is 7.11 Å². The molecule has 1 rings (SSSR count). The Morgan fingerprint density at radius 2 is 1.90 bits per heavy atom. The third kappa shape index (κ3) is 3.72. The van der Waals surface area contributed by atoms with Crippen LogP contribution in [0, 0.1) is 0 Å². The minimum Gasteiger partial charge on any atom is -0.468 e. The van der Waals surface area contributed by atoms with Gasteiger partial charge in [-0.2, -0.15) is 0 Å². The molecule has 20 heavy (non-hydrogen) atoms.